The minimum Gasteiger partial charge on any atom is -0.491 e. The van der Waals surface area contributed by atoms with Crippen molar-refractivity contribution < 1.29 is 9.53 Å². The van der Waals surface area contributed by atoms with Crippen molar-refractivity contribution in [3.63, 3.8) is 0 Å². The maximum absolute atomic E-state index is 13.0. The number of nitrogens with zero attached hydrogens (tertiary/aromatic N) is 1. The van der Waals surface area contributed by atoms with E-state index in [0.717, 1.165) is 55.5 Å². The van der Waals surface area contributed by atoms with Crippen molar-refractivity contribution >= 4 is 5.91 Å². The van der Waals surface area contributed by atoms with Crippen LogP contribution in [0.1, 0.15) is 47.3 Å². The summed E-state index contributed by atoms with van der Waals surface area (Å²) in [6.07, 6.45) is 5.90. The first-order valence-corrected chi connectivity index (χ1v) is 9.46. The Bertz CT molecular complexity index is 844. The van der Waals surface area contributed by atoms with E-state index in [0.29, 0.717) is 13.2 Å². The van der Waals surface area contributed by atoms with E-state index in [1.807, 2.05) is 41.3 Å². The first-order chi connectivity index (χ1) is 12.7. The van der Waals surface area contributed by atoms with Crippen molar-refractivity contribution in [1.29, 1.82) is 0 Å². The summed E-state index contributed by atoms with van der Waals surface area (Å²) in [5.74, 6) is 0.636. The summed E-state index contributed by atoms with van der Waals surface area (Å²) < 4.78 is 5.85. The second kappa shape index (κ2) is 7.36. The molecule has 26 heavy (non-hydrogen) atoms. The van der Waals surface area contributed by atoms with Gasteiger partial charge in [-0.3, -0.25) is 9.59 Å². The van der Waals surface area contributed by atoms with Crippen LogP contribution in [0.25, 0.3) is 0 Å². The first kappa shape index (κ1) is 16.9. The number of rotatable bonds is 4. The van der Waals surface area contributed by atoms with Crippen LogP contribution in [0.2, 0.25) is 0 Å². The number of likely N-dealkylation sites (tertiary alicyclic amines) is 1. The van der Waals surface area contributed by atoms with E-state index in [4.69, 9.17) is 4.74 Å². The van der Waals surface area contributed by atoms with Gasteiger partial charge in [0.15, 0.2) is 0 Å². The van der Waals surface area contributed by atoms with Gasteiger partial charge in [0, 0.05) is 12.2 Å². The molecule has 1 atom stereocenters. The number of aromatic amines is 1. The third kappa shape index (κ3) is 3.39. The summed E-state index contributed by atoms with van der Waals surface area (Å²) in [6, 6.07) is 11.5. The summed E-state index contributed by atoms with van der Waals surface area (Å²) in [5, 5.41) is 0. The van der Waals surface area contributed by atoms with Crippen LogP contribution in [-0.2, 0) is 12.8 Å². The monoisotopic (exact) mass is 352 g/mol. The predicted molar refractivity (Wildman–Crippen MR) is 99.7 cm³/mol. The van der Waals surface area contributed by atoms with Gasteiger partial charge in [0.05, 0.1) is 6.04 Å². The van der Waals surface area contributed by atoms with Gasteiger partial charge in [0.25, 0.3) is 11.5 Å². The predicted octanol–water partition coefficient (Wildman–Crippen LogP) is 2.94. The molecule has 1 aliphatic heterocycles. The number of amides is 1. The lowest BCUT2D eigenvalue weighted by Gasteiger charge is -2.25. The molecule has 0 saturated carbocycles. The molecule has 0 unspecified atom stereocenters. The van der Waals surface area contributed by atoms with E-state index in [1.54, 1.807) is 0 Å². The molecule has 136 valence electrons. The highest BCUT2D eigenvalue weighted by atomic mass is 16.5. The molecule has 2 heterocycles. The quantitative estimate of drug-likeness (QED) is 0.920. The number of carbonyl (C=O) groups excluding carboxylic acids is 1. The standard InChI is InChI=1S/C21H24N2O3/c24-20-18(13-15-7-4-5-11-19(15)22-20)21(25)23-12-6-8-16(23)14-26-17-9-2-1-3-10-17/h1-3,9-10,13,16H,4-8,11-12,14H2,(H,22,24)/t16-/m0/s1. The van der Waals surface area contributed by atoms with Gasteiger partial charge >= 0.3 is 0 Å². The molecule has 2 aromatic rings. The second-order valence-electron chi connectivity index (χ2n) is 7.14. The van der Waals surface area contributed by atoms with E-state index >= 15 is 0 Å². The van der Waals surface area contributed by atoms with E-state index in [-0.39, 0.29) is 23.1 Å². The number of pyridine rings is 1. The number of aromatic nitrogens is 1. The lowest BCUT2D eigenvalue weighted by Crippen LogP contribution is -2.41. The topological polar surface area (TPSA) is 62.4 Å². The minimum atomic E-state index is -0.259. The number of H-pyrrole nitrogens is 1. The molecule has 0 bridgehead atoms. The Balaban J connectivity index is 1.51. The molecule has 1 amide bonds. The number of ether oxygens (including phenoxy) is 1. The number of para-hydroxylation sites is 1. The third-order valence-electron chi connectivity index (χ3n) is 5.39. The van der Waals surface area contributed by atoms with Crippen LogP contribution in [0.15, 0.2) is 41.2 Å². The Kier molecular flexibility index (Phi) is 4.78. The number of aryl methyl sites for hydroxylation is 2. The van der Waals surface area contributed by atoms with Gasteiger partial charge in [0.1, 0.15) is 17.9 Å². The number of benzene rings is 1. The number of nitrogens with one attached hydrogen (secondary N) is 1. The van der Waals surface area contributed by atoms with Gasteiger partial charge in [-0.25, -0.2) is 0 Å². The van der Waals surface area contributed by atoms with Crippen LogP contribution in [0, 0.1) is 0 Å². The SMILES string of the molecule is O=C(c1cc2c([nH]c1=O)CCCC2)N1CCC[C@H]1COc1ccccc1. The van der Waals surface area contributed by atoms with Gasteiger partial charge in [0.2, 0.25) is 0 Å². The number of fused-ring (bicyclic) bond motifs is 1. The van der Waals surface area contributed by atoms with E-state index in [2.05, 4.69) is 4.98 Å². The molecular formula is C21H24N2O3. The normalized spacial score (nSPS) is 19.2. The molecule has 1 aromatic heterocycles. The van der Waals surface area contributed by atoms with Crippen molar-refractivity contribution in [2.24, 2.45) is 0 Å². The van der Waals surface area contributed by atoms with Crippen LogP contribution < -0.4 is 10.3 Å². The molecule has 2 aliphatic rings. The number of carbonyl (C=O) groups is 1. The van der Waals surface area contributed by atoms with Crippen molar-refractivity contribution in [1.82, 2.24) is 9.88 Å². The van der Waals surface area contributed by atoms with E-state index < -0.39 is 0 Å². The molecule has 0 spiro atoms. The molecule has 4 rings (SSSR count). The fraction of sp³-hybridized carbons (Fsp3) is 0.429. The van der Waals surface area contributed by atoms with E-state index in [9.17, 15) is 9.59 Å². The Labute approximate surface area is 153 Å². The van der Waals surface area contributed by atoms with Crippen LogP contribution in [0.4, 0.5) is 0 Å². The van der Waals surface area contributed by atoms with Crippen LogP contribution in [0.5, 0.6) is 5.75 Å². The Morgan fingerprint density at radius 2 is 1.96 bits per heavy atom. The molecule has 1 aromatic carbocycles. The van der Waals surface area contributed by atoms with Gasteiger partial charge < -0.3 is 14.6 Å². The lowest BCUT2D eigenvalue weighted by molar-refractivity contribution is 0.0689. The Morgan fingerprint density at radius 1 is 1.15 bits per heavy atom. The molecule has 5 nitrogen and oxygen atoms in total. The smallest absolute Gasteiger partial charge is 0.261 e. The summed E-state index contributed by atoms with van der Waals surface area (Å²) in [7, 11) is 0. The van der Waals surface area contributed by atoms with Crippen LogP contribution in [-0.4, -0.2) is 35.0 Å². The van der Waals surface area contributed by atoms with E-state index in [1.165, 1.54) is 0 Å². The average Bonchev–Trinajstić information content (AvgIpc) is 3.15. The van der Waals surface area contributed by atoms with Crippen LogP contribution in [0.3, 0.4) is 0 Å². The van der Waals surface area contributed by atoms with Crippen molar-refractivity contribution in [2.75, 3.05) is 13.2 Å². The minimum absolute atomic E-state index is 0.0122. The largest absolute Gasteiger partial charge is 0.491 e. The fourth-order valence-corrected chi connectivity index (χ4v) is 3.97. The lowest BCUT2D eigenvalue weighted by atomic mass is 9.95. The molecule has 1 fully saturated rings. The summed E-state index contributed by atoms with van der Waals surface area (Å²) in [6.45, 7) is 1.14. The molecule has 1 saturated heterocycles. The summed E-state index contributed by atoms with van der Waals surface area (Å²) in [4.78, 5) is 30.2. The summed E-state index contributed by atoms with van der Waals surface area (Å²) >= 11 is 0. The summed E-state index contributed by atoms with van der Waals surface area (Å²) in [5.41, 5.74) is 2.14. The molecule has 1 aliphatic carbocycles. The average molecular weight is 352 g/mol. The van der Waals surface area contributed by atoms with Crippen LogP contribution >= 0.6 is 0 Å². The Morgan fingerprint density at radius 3 is 2.81 bits per heavy atom. The zero-order valence-corrected chi connectivity index (χ0v) is 14.9. The van der Waals surface area contributed by atoms with Gasteiger partial charge in [-0.1, -0.05) is 18.2 Å². The van der Waals surface area contributed by atoms with Gasteiger partial charge in [-0.15, -0.1) is 0 Å². The first-order valence-electron chi connectivity index (χ1n) is 9.46. The highest BCUT2D eigenvalue weighted by molar-refractivity contribution is 5.94. The molecule has 5 heteroatoms. The highest BCUT2D eigenvalue weighted by Gasteiger charge is 2.31. The molecule has 0 radical (unpaired) electrons. The maximum atomic E-state index is 13.0. The highest BCUT2D eigenvalue weighted by Crippen LogP contribution is 2.23. The fourth-order valence-electron chi connectivity index (χ4n) is 3.97. The maximum Gasteiger partial charge on any atom is 0.261 e. The van der Waals surface area contributed by atoms with Crippen molar-refractivity contribution in [2.45, 2.75) is 44.6 Å². The molecule has 1 N–H and O–H groups in total. The van der Waals surface area contributed by atoms with Crippen molar-refractivity contribution in [3.8, 4) is 5.75 Å². The second-order valence-corrected chi connectivity index (χ2v) is 7.14. The van der Waals surface area contributed by atoms with Crippen molar-refractivity contribution in [3.05, 3.63) is 63.6 Å². The zero-order chi connectivity index (χ0) is 17.9. The Hall–Kier alpha value is -2.56. The molecular weight excluding hydrogens is 328 g/mol. The number of hydrogen-bond donors (Lipinski definition) is 1. The van der Waals surface area contributed by atoms with Gasteiger partial charge in [-0.2, -0.15) is 0 Å². The third-order valence-corrected chi connectivity index (χ3v) is 5.39. The van der Waals surface area contributed by atoms with Gasteiger partial charge in [-0.05, 0) is 62.3 Å². The zero-order valence-electron chi connectivity index (χ0n) is 14.9. The number of hydrogen-bond acceptors (Lipinski definition) is 3.